The predicted molar refractivity (Wildman–Crippen MR) is 376 cm³/mol. The average molecular weight is 1140 g/mol. The van der Waals surface area contributed by atoms with Crippen LogP contribution in [0.3, 0.4) is 0 Å². The molecule has 0 atom stereocenters. The highest BCUT2D eigenvalue weighted by Crippen LogP contribution is 2.51. The van der Waals surface area contributed by atoms with E-state index in [1.165, 1.54) is 54.8 Å². The van der Waals surface area contributed by atoms with Gasteiger partial charge in [-0.3, -0.25) is 0 Å². The predicted octanol–water partition coefficient (Wildman–Crippen LogP) is 14.6. The van der Waals surface area contributed by atoms with Crippen LogP contribution in [-0.4, -0.2) is 20.1 Å². The first-order valence-corrected chi connectivity index (χ1v) is 30.9. The zero-order valence-electron chi connectivity index (χ0n) is 49.2. The van der Waals surface area contributed by atoms with Gasteiger partial charge >= 0.3 is 0 Å². The molecule has 0 N–H and O–H groups in total. The molecule has 9 heteroatoms. The van der Waals surface area contributed by atoms with Gasteiger partial charge in [0.1, 0.15) is 11.5 Å². The maximum Gasteiger partial charge on any atom is 0.256 e. The average Bonchev–Trinajstić information content (AvgIpc) is 0.706. The molecule has 0 saturated carbocycles. The van der Waals surface area contributed by atoms with E-state index >= 15 is 0 Å². The molecule has 0 spiro atoms. The van der Waals surface area contributed by atoms with Crippen LogP contribution in [0.15, 0.2) is 303 Å². The Morgan fingerprint density at radius 3 is 1.10 bits per heavy atom. The van der Waals surface area contributed by atoms with E-state index in [2.05, 4.69) is 342 Å². The second kappa shape index (κ2) is 20.2. The second-order valence-electron chi connectivity index (χ2n) is 24.0. The Hall–Kier alpha value is -11.1. The van der Waals surface area contributed by atoms with E-state index in [-0.39, 0.29) is 20.1 Å². The summed E-state index contributed by atoms with van der Waals surface area (Å²) in [6.45, 7) is 4.04. The van der Waals surface area contributed by atoms with Crippen LogP contribution in [0.2, 0.25) is 0 Å². The standard InChI is InChI=1S/C80H56B3N5O/c1-53-28-27-29-54(2)76(53)83-63-43-22-25-46-68(63)86(58-36-15-6-16-37-58)74-52-73-78-80(79(74)83)89-75-47-26-23-44-64(75)82(78)66-50-65-69(51-70(66)88(73)60-40-19-8-20-41-60)87(59-38-17-7-18-39-59)72-49-61(84(55-30-9-3-10-31-55)56-32-11-4-12-33-56)48-71-77(72)81(65)62-42-21-24-45-67(62)85(71)57-34-13-5-14-35-57/h3-52H,1-2H3. The Bertz CT molecular complexity index is 4900. The second-order valence-corrected chi connectivity index (χ2v) is 24.0. The molecule has 0 fully saturated rings. The summed E-state index contributed by atoms with van der Waals surface area (Å²) in [5, 5.41) is 0. The Balaban J connectivity index is 0.970. The van der Waals surface area contributed by atoms with Crippen molar-refractivity contribution in [2.45, 2.75) is 13.8 Å². The molecule has 5 aliphatic rings. The molecule has 0 bridgehead atoms. The number of rotatable bonds is 8. The van der Waals surface area contributed by atoms with E-state index in [0.717, 1.165) is 102 Å². The van der Waals surface area contributed by atoms with Crippen molar-refractivity contribution < 1.29 is 4.74 Å². The monoisotopic (exact) mass is 1140 g/mol. The Morgan fingerprint density at radius 2 is 0.618 bits per heavy atom. The first-order chi connectivity index (χ1) is 44.1. The van der Waals surface area contributed by atoms with Crippen molar-refractivity contribution >= 4 is 155 Å². The number of benzene rings is 13. The van der Waals surface area contributed by atoms with Crippen molar-refractivity contribution in [1.82, 2.24) is 0 Å². The van der Waals surface area contributed by atoms with E-state index in [0.29, 0.717) is 0 Å². The number of para-hydroxylation sites is 9. The van der Waals surface area contributed by atoms with Crippen LogP contribution in [0.5, 0.6) is 11.5 Å². The highest BCUT2D eigenvalue weighted by Gasteiger charge is 2.51. The summed E-state index contributed by atoms with van der Waals surface area (Å²) in [7, 11) is 0. The quantitative estimate of drug-likeness (QED) is 0.141. The van der Waals surface area contributed by atoms with Gasteiger partial charge in [0.05, 0.1) is 5.69 Å². The van der Waals surface area contributed by atoms with Gasteiger partial charge in [0.15, 0.2) is 0 Å². The molecule has 0 aliphatic carbocycles. The molecule has 0 aromatic heterocycles. The summed E-state index contributed by atoms with van der Waals surface area (Å²) in [5.74, 6) is 1.79. The number of nitrogens with zero attached hydrogens (tertiary/aromatic N) is 5. The third kappa shape index (κ3) is 7.74. The van der Waals surface area contributed by atoms with Crippen molar-refractivity contribution in [2.24, 2.45) is 0 Å². The van der Waals surface area contributed by atoms with Crippen molar-refractivity contribution in [3.05, 3.63) is 314 Å². The minimum Gasteiger partial charge on any atom is -0.459 e. The fourth-order valence-electron chi connectivity index (χ4n) is 15.6. The van der Waals surface area contributed by atoms with Gasteiger partial charge in [-0.05, 0) is 173 Å². The number of fused-ring (bicyclic) bond motifs is 11. The molecule has 5 aliphatic heterocycles. The van der Waals surface area contributed by atoms with Crippen LogP contribution in [0, 0.1) is 13.8 Å². The first kappa shape index (κ1) is 51.1. The summed E-state index contributed by atoms with van der Waals surface area (Å²) < 4.78 is 7.78. The zero-order valence-corrected chi connectivity index (χ0v) is 49.2. The normalized spacial score (nSPS) is 13.4. The molecule has 416 valence electrons. The van der Waals surface area contributed by atoms with Gasteiger partial charge in [0.2, 0.25) is 0 Å². The van der Waals surface area contributed by atoms with E-state index in [4.69, 9.17) is 4.74 Å². The Morgan fingerprint density at radius 1 is 0.258 bits per heavy atom. The molecule has 5 heterocycles. The number of ether oxygens (including phenoxy) is 1. The summed E-state index contributed by atoms with van der Waals surface area (Å²) in [4.78, 5) is 12.5. The largest absolute Gasteiger partial charge is 0.459 e. The molecular formula is C80H56B3N5O. The molecule has 0 radical (unpaired) electrons. The van der Waals surface area contributed by atoms with Gasteiger partial charge < -0.3 is 29.2 Å². The maximum atomic E-state index is 7.78. The van der Waals surface area contributed by atoms with Crippen LogP contribution < -0.4 is 78.4 Å². The molecule has 0 unspecified atom stereocenters. The smallest absolute Gasteiger partial charge is 0.256 e. The molecule has 13 aromatic rings. The van der Waals surface area contributed by atoms with Gasteiger partial charge in [-0.15, -0.1) is 0 Å². The Labute approximate surface area is 520 Å². The molecule has 13 aromatic carbocycles. The molecular weight excluding hydrogens is 1080 g/mol. The highest BCUT2D eigenvalue weighted by atomic mass is 16.5. The van der Waals surface area contributed by atoms with Crippen LogP contribution in [0.25, 0.3) is 0 Å². The van der Waals surface area contributed by atoms with Gasteiger partial charge in [-0.25, -0.2) is 0 Å². The minimum atomic E-state index is -0.213. The Kier molecular flexibility index (Phi) is 11.6. The first-order valence-electron chi connectivity index (χ1n) is 30.9. The fraction of sp³-hybridized carbons (Fsp3) is 0.0250. The number of anilines is 15. The highest BCUT2D eigenvalue weighted by molar-refractivity contribution is 7.04. The number of hydrogen-bond donors (Lipinski definition) is 0. The van der Waals surface area contributed by atoms with Crippen molar-refractivity contribution in [3.8, 4) is 11.5 Å². The van der Waals surface area contributed by atoms with Crippen LogP contribution in [-0.2, 0) is 0 Å². The van der Waals surface area contributed by atoms with E-state index < -0.39 is 0 Å². The van der Waals surface area contributed by atoms with E-state index in [9.17, 15) is 0 Å². The zero-order chi connectivity index (χ0) is 58.8. The summed E-state index contributed by atoms with van der Waals surface area (Å²) >= 11 is 0. The van der Waals surface area contributed by atoms with Gasteiger partial charge in [0.25, 0.3) is 20.1 Å². The van der Waals surface area contributed by atoms with Crippen molar-refractivity contribution in [2.75, 3.05) is 24.5 Å². The summed E-state index contributed by atoms with van der Waals surface area (Å²) in [6.07, 6.45) is 0. The molecule has 0 amide bonds. The molecule has 18 rings (SSSR count). The summed E-state index contributed by atoms with van der Waals surface area (Å²) in [5.41, 5.74) is 30.1. The van der Waals surface area contributed by atoms with Crippen molar-refractivity contribution in [3.63, 3.8) is 0 Å². The van der Waals surface area contributed by atoms with E-state index in [1.54, 1.807) is 0 Å². The molecule has 89 heavy (non-hydrogen) atoms. The number of hydrogen-bond acceptors (Lipinski definition) is 6. The fourth-order valence-corrected chi connectivity index (χ4v) is 15.6. The van der Waals surface area contributed by atoms with E-state index in [1.807, 2.05) is 0 Å². The number of aryl methyl sites for hydroxylation is 2. The summed E-state index contributed by atoms with van der Waals surface area (Å²) in [6, 6.07) is 112. The third-order valence-corrected chi connectivity index (χ3v) is 19.1. The van der Waals surface area contributed by atoms with Crippen LogP contribution in [0.4, 0.5) is 85.3 Å². The SMILES string of the molecule is Cc1cccc(C)c1B1c2ccccc2N(c2ccccc2)c2cc3c4c(c21)Oc1ccccc1B4c1cc2c(cc1N3c1ccccc1)N(c1ccccc1)c1cc(N(c3ccccc3)c3ccccc3)cc3c1B2c1ccccc1N3c1ccccc1. The van der Waals surface area contributed by atoms with Crippen LogP contribution >= 0.6 is 0 Å². The topological polar surface area (TPSA) is 25.4 Å². The maximum absolute atomic E-state index is 7.78. The lowest BCUT2D eigenvalue weighted by Crippen LogP contribution is -2.66. The molecule has 6 nitrogen and oxygen atoms in total. The minimum absolute atomic E-state index is 0.145. The molecule has 0 saturated heterocycles. The third-order valence-electron chi connectivity index (χ3n) is 19.1. The van der Waals surface area contributed by atoms with Gasteiger partial charge in [-0.2, -0.15) is 0 Å². The van der Waals surface area contributed by atoms with Gasteiger partial charge in [-0.1, -0.05) is 205 Å². The lowest BCUT2D eigenvalue weighted by Gasteiger charge is -2.47. The lowest BCUT2D eigenvalue weighted by molar-refractivity contribution is 0.491. The lowest BCUT2D eigenvalue weighted by atomic mass is 9.29. The van der Waals surface area contributed by atoms with Crippen LogP contribution in [0.1, 0.15) is 11.1 Å². The van der Waals surface area contributed by atoms with Gasteiger partial charge in [0, 0.05) is 79.6 Å². The van der Waals surface area contributed by atoms with Crippen molar-refractivity contribution in [1.29, 1.82) is 0 Å².